The monoisotopic (exact) mass is 442 g/mol. The summed E-state index contributed by atoms with van der Waals surface area (Å²) in [5, 5.41) is 10.8. The van der Waals surface area contributed by atoms with Crippen LogP contribution in [0.2, 0.25) is 0 Å². The smallest absolute Gasteiger partial charge is 0.411 e. The number of amides is 2. The van der Waals surface area contributed by atoms with Crippen LogP contribution in [0.3, 0.4) is 0 Å². The molecule has 0 aliphatic carbocycles. The van der Waals surface area contributed by atoms with Crippen molar-refractivity contribution in [2.24, 2.45) is 0 Å². The number of benzene rings is 3. The molecule has 2 N–H and O–H groups in total. The number of hydrogen-bond acceptors (Lipinski definition) is 5. The highest BCUT2D eigenvalue weighted by molar-refractivity contribution is 6.04. The summed E-state index contributed by atoms with van der Waals surface area (Å²) < 4.78 is 5.88. The summed E-state index contributed by atoms with van der Waals surface area (Å²) in [7, 11) is 1.29. The van der Waals surface area contributed by atoms with Gasteiger partial charge in [-0.05, 0) is 29.3 Å². The maximum Gasteiger partial charge on any atom is 0.411 e. The van der Waals surface area contributed by atoms with Gasteiger partial charge in [0.1, 0.15) is 0 Å². The minimum Gasteiger partial charge on any atom is -0.453 e. The van der Waals surface area contributed by atoms with Crippen LogP contribution in [0.4, 0.5) is 10.5 Å². The normalized spacial score (nSPS) is 10.6. The van der Waals surface area contributed by atoms with Gasteiger partial charge in [-0.1, -0.05) is 60.7 Å². The second kappa shape index (κ2) is 9.78. The highest BCUT2D eigenvalue weighted by Gasteiger charge is 2.16. The summed E-state index contributed by atoms with van der Waals surface area (Å²) in [6.45, 7) is 0.518. The van der Waals surface area contributed by atoms with Crippen LogP contribution in [0.25, 0.3) is 10.8 Å². The van der Waals surface area contributed by atoms with Crippen LogP contribution in [0.5, 0.6) is 0 Å². The van der Waals surface area contributed by atoms with E-state index in [1.54, 1.807) is 48.5 Å². The molecule has 0 spiro atoms. The van der Waals surface area contributed by atoms with E-state index in [1.807, 2.05) is 30.3 Å². The molecule has 0 aliphatic rings. The average molecular weight is 442 g/mol. The molecular formula is C25H22N4O4. The van der Waals surface area contributed by atoms with Crippen LogP contribution in [0.15, 0.2) is 83.7 Å². The van der Waals surface area contributed by atoms with Gasteiger partial charge in [0.25, 0.3) is 11.5 Å². The molecule has 2 amide bonds. The minimum atomic E-state index is -0.556. The molecule has 0 aliphatic heterocycles. The van der Waals surface area contributed by atoms with Crippen LogP contribution >= 0.6 is 0 Å². The van der Waals surface area contributed by atoms with E-state index in [1.165, 1.54) is 11.8 Å². The van der Waals surface area contributed by atoms with Crippen molar-refractivity contribution in [2.75, 3.05) is 12.4 Å². The molecule has 0 saturated carbocycles. The Hall–Kier alpha value is -4.46. The SMILES string of the molecule is COC(=O)Nc1ccc(CNC(=O)c2nn(Cc3ccccc3)c(=O)c3ccccc23)cc1. The van der Waals surface area contributed by atoms with E-state index in [0.717, 1.165) is 11.1 Å². The highest BCUT2D eigenvalue weighted by atomic mass is 16.5. The van der Waals surface area contributed by atoms with Crippen molar-refractivity contribution in [3.63, 3.8) is 0 Å². The fourth-order valence-corrected chi connectivity index (χ4v) is 3.41. The van der Waals surface area contributed by atoms with Crippen LogP contribution in [0.1, 0.15) is 21.6 Å². The quantitative estimate of drug-likeness (QED) is 0.475. The van der Waals surface area contributed by atoms with E-state index in [0.29, 0.717) is 16.5 Å². The topological polar surface area (TPSA) is 102 Å². The van der Waals surface area contributed by atoms with Gasteiger partial charge in [-0.3, -0.25) is 14.9 Å². The zero-order valence-electron chi connectivity index (χ0n) is 17.9. The van der Waals surface area contributed by atoms with Gasteiger partial charge in [-0.2, -0.15) is 5.10 Å². The third-order valence-electron chi connectivity index (χ3n) is 5.10. The predicted octanol–water partition coefficient (Wildman–Crippen LogP) is 3.55. The lowest BCUT2D eigenvalue weighted by Gasteiger charge is -2.12. The zero-order valence-corrected chi connectivity index (χ0v) is 17.9. The van der Waals surface area contributed by atoms with E-state index >= 15 is 0 Å². The van der Waals surface area contributed by atoms with E-state index in [2.05, 4.69) is 20.5 Å². The number of fused-ring (bicyclic) bond motifs is 1. The molecule has 0 bridgehead atoms. The Morgan fingerprint density at radius 2 is 1.55 bits per heavy atom. The first-order valence-electron chi connectivity index (χ1n) is 10.3. The van der Waals surface area contributed by atoms with Crippen molar-refractivity contribution < 1.29 is 14.3 Å². The number of nitrogens with zero attached hydrogens (tertiary/aromatic N) is 2. The Labute approximate surface area is 189 Å². The van der Waals surface area contributed by atoms with Crippen LogP contribution < -0.4 is 16.2 Å². The second-order valence-electron chi connectivity index (χ2n) is 7.34. The third-order valence-corrected chi connectivity index (χ3v) is 5.10. The molecular weight excluding hydrogens is 420 g/mol. The first-order chi connectivity index (χ1) is 16.0. The average Bonchev–Trinajstić information content (AvgIpc) is 2.85. The number of carbonyl (C=O) groups excluding carboxylic acids is 2. The molecule has 4 aromatic rings. The number of aromatic nitrogens is 2. The predicted molar refractivity (Wildman–Crippen MR) is 125 cm³/mol. The standard InChI is InChI=1S/C25H22N4O4/c1-33-25(32)27-19-13-11-17(12-14-19)15-26-23(30)22-20-9-5-6-10-21(20)24(31)29(28-22)16-18-7-3-2-4-8-18/h2-14H,15-16H2,1H3,(H,26,30)(H,27,32). The zero-order chi connectivity index (χ0) is 23.2. The number of carbonyl (C=O) groups is 2. The van der Waals surface area contributed by atoms with Gasteiger partial charge >= 0.3 is 6.09 Å². The van der Waals surface area contributed by atoms with E-state index < -0.39 is 6.09 Å². The van der Waals surface area contributed by atoms with Crippen molar-refractivity contribution in [2.45, 2.75) is 13.1 Å². The van der Waals surface area contributed by atoms with E-state index in [-0.39, 0.29) is 30.2 Å². The summed E-state index contributed by atoms with van der Waals surface area (Å²) in [5.41, 5.74) is 2.26. The van der Waals surface area contributed by atoms with Crippen LogP contribution in [-0.4, -0.2) is 28.9 Å². The molecule has 0 unspecified atom stereocenters. The first kappa shape index (κ1) is 21.8. The number of methoxy groups -OCH3 is 1. The number of anilines is 1. The minimum absolute atomic E-state index is 0.185. The molecule has 3 aromatic carbocycles. The number of hydrogen-bond donors (Lipinski definition) is 2. The Morgan fingerprint density at radius 3 is 2.24 bits per heavy atom. The summed E-state index contributed by atoms with van der Waals surface area (Å²) >= 11 is 0. The number of ether oxygens (including phenoxy) is 1. The second-order valence-corrected chi connectivity index (χ2v) is 7.34. The van der Waals surface area contributed by atoms with Gasteiger partial charge < -0.3 is 10.1 Å². The van der Waals surface area contributed by atoms with Crippen molar-refractivity contribution in [1.82, 2.24) is 15.1 Å². The summed E-state index contributed by atoms with van der Waals surface area (Å²) in [6.07, 6.45) is -0.556. The van der Waals surface area contributed by atoms with Crippen LogP contribution in [0, 0.1) is 0 Å². The number of rotatable bonds is 6. The molecule has 8 heteroatoms. The molecule has 0 radical (unpaired) electrons. The molecule has 1 heterocycles. The van der Waals surface area contributed by atoms with Crippen molar-refractivity contribution in [3.05, 3.63) is 106 Å². The summed E-state index contributed by atoms with van der Waals surface area (Å²) in [6, 6.07) is 23.4. The fourth-order valence-electron chi connectivity index (χ4n) is 3.41. The van der Waals surface area contributed by atoms with Crippen LogP contribution in [-0.2, 0) is 17.8 Å². The van der Waals surface area contributed by atoms with Gasteiger partial charge in [-0.15, -0.1) is 0 Å². The Balaban J connectivity index is 1.56. The van der Waals surface area contributed by atoms with Gasteiger partial charge in [-0.25, -0.2) is 9.48 Å². The van der Waals surface area contributed by atoms with E-state index in [4.69, 9.17) is 0 Å². The molecule has 166 valence electrons. The lowest BCUT2D eigenvalue weighted by molar-refractivity contribution is 0.0945. The molecule has 0 saturated heterocycles. The summed E-state index contributed by atoms with van der Waals surface area (Å²) in [5.74, 6) is -0.384. The van der Waals surface area contributed by atoms with E-state index in [9.17, 15) is 14.4 Å². The third kappa shape index (κ3) is 5.07. The molecule has 0 fully saturated rings. The highest BCUT2D eigenvalue weighted by Crippen LogP contribution is 2.15. The summed E-state index contributed by atoms with van der Waals surface area (Å²) in [4.78, 5) is 37.3. The maximum atomic E-state index is 13.0. The van der Waals surface area contributed by atoms with Crippen molar-refractivity contribution in [1.29, 1.82) is 0 Å². The lowest BCUT2D eigenvalue weighted by Crippen LogP contribution is -2.30. The Kier molecular flexibility index (Phi) is 6.45. The van der Waals surface area contributed by atoms with Crippen molar-refractivity contribution >= 4 is 28.5 Å². The first-order valence-corrected chi connectivity index (χ1v) is 10.3. The molecule has 4 rings (SSSR count). The number of nitrogens with one attached hydrogen (secondary N) is 2. The van der Waals surface area contributed by atoms with Crippen molar-refractivity contribution in [3.8, 4) is 0 Å². The lowest BCUT2D eigenvalue weighted by atomic mass is 10.1. The van der Waals surface area contributed by atoms with Gasteiger partial charge in [0.2, 0.25) is 0 Å². The largest absolute Gasteiger partial charge is 0.453 e. The molecule has 8 nitrogen and oxygen atoms in total. The Morgan fingerprint density at radius 1 is 0.879 bits per heavy atom. The molecule has 1 aromatic heterocycles. The van der Waals surface area contributed by atoms with Gasteiger partial charge in [0.05, 0.1) is 19.0 Å². The molecule has 0 atom stereocenters. The molecule has 33 heavy (non-hydrogen) atoms. The maximum absolute atomic E-state index is 13.0. The Bertz CT molecular complexity index is 1350. The fraction of sp³-hybridized carbons (Fsp3) is 0.120. The van der Waals surface area contributed by atoms with Gasteiger partial charge in [0, 0.05) is 17.6 Å². The van der Waals surface area contributed by atoms with Gasteiger partial charge in [0.15, 0.2) is 5.69 Å².